The number of ether oxygens (including phenoxy) is 1. The molecule has 0 saturated heterocycles. The SMILES string of the molecule is COc1cc(-c2sc3c(c2C(C)C)CCC3)ccn1. The Hall–Kier alpha value is -1.35. The number of fused-ring (bicyclic) bond motifs is 1. The molecule has 2 heterocycles. The van der Waals surface area contributed by atoms with E-state index in [1.54, 1.807) is 23.1 Å². The Morgan fingerprint density at radius 3 is 2.89 bits per heavy atom. The maximum Gasteiger partial charge on any atom is 0.213 e. The largest absolute Gasteiger partial charge is 0.481 e. The van der Waals surface area contributed by atoms with Crippen LogP contribution in [0.3, 0.4) is 0 Å². The summed E-state index contributed by atoms with van der Waals surface area (Å²) < 4.78 is 5.25. The zero-order valence-corrected chi connectivity index (χ0v) is 12.5. The minimum Gasteiger partial charge on any atom is -0.481 e. The van der Waals surface area contributed by atoms with Crippen molar-refractivity contribution in [2.24, 2.45) is 0 Å². The molecule has 0 fully saturated rings. The van der Waals surface area contributed by atoms with Gasteiger partial charge in [0.15, 0.2) is 0 Å². The van der Waals surface area contributed by atoms with Crippen LogP contribution in [0.4, 0.5) is 0 Å². The predicted octanol–water partition coefficient (Wildman–Crippen LogP) is 4.43. The van der Waals surface area contributed by atoms with E-state index >= 15 is 0 Å². The van der Waals surface area contributed by atoms with Crippen molar-refractivity contribution in [2.75, 3.05) is 7.11 Å². The summed E-state index contributed by atoms with van der Waals surface area (Å²) in [5.74, 6) is 1.27. The summed E-state index contributed by atoms with van der Waals surface area (Å²) in [6.07, 6.45) is 5.66. The highest BCUT2D eigenvalue weighted by Crippen LogP contribution is 2.44. The van der Waals surface area contributed by atoms with Gasteiger partial charge in [-0.05, 0) is 47.9 Å². The van der Waals surface area contributed by atoms with Crippen LogP contribution in [0.2, 0.25) is 0 Å². The Balaban J connectivity index is 2.14. The second-order valence-electron chi connectivity index (χ2n) is 5.34. The number of thiophene rings is 1. The van der Waals surface area contributed by atoms with Crippen LogP contribution in [0.5, 0.6) is 5.88 Å². The van der Waals surface area contributed by atoms with Gasteiger partial charge in [0.1, 0.15) is 0 Å². The molecule has 100 valence electrons. The number of aromatic nitrogens is 1. The summed E-state index contributed by atoms with van der Waals surface area (Å²) >= 11 is 1.97. The number of hydrogen-bond donors (Lipinski definition) is 0. The summed E-state index contributed by atoms with van der Waals surface area (Å²) in [5.41, 5.74) is 4.41. The van der Waals surface area contributed by atoms with Crippen LogP contribution in [0.1, 0.15) is 42.2 Å². The van der Waals surface area contributed by atoms with Gasteiger partial charge in [-0.3, -0.25) is 0 Å². The molecule has 1 aliphatic rings. The molecule has 0 atom stereocenters. The van der Waals surface area contributed by atoms with Gasteiger partial charge < -0.3 is 4.74 Å². The number of nitrogens with zero attached hydrogens (tertiary/aromatic N) is 1. The third kappa shape index (κ3) is 2.16. The van der Waals surface area contributed by atoms with E-state index in [-0.39, 0.29) is 0 Å². The molecule has 0 unspecified atom stereocenters. The fraction of sp³-hybridized carbons (Fsp3) is 0.438. The molecule has 2 aromatic rings. The molecule has 0 bridgehead atoms. The van der Waals surface area contributed by atoms with Crippen LogP contribution in [0, 0.1) is 0 Å². The molecule has 0 amide bonds. The average Bonchev–Trinajstić information content (AvgIpc) is 2.98. The first-order valence-corrected chi connectivity index (χ1v) is 7.67. The fourth-order valence-electron chi connectivity index (χ4n) is 2.92. The lowest BCUT2D eigenvalue weighted by molar-refractivity contribution is 0.398. The standard InChI is InChI=1S/C16H19NOS/c1-10(2)15-12-5-4-6-13(12)19-16(15)11-7-8-17-14(9-11)18-3/h7-10H,4-6H2,1-3H3. The van der Waals surface area contributed by atoms with E-state index in [2.05, 4.69) is 24.9 Å². The van der Waals surface area contributed by atoms with Crippen LogP contribution in [0.15, 0.2) is 18.3 Å². The van der Waals surface area contributed by atoms with E-state index in [1.165, 1.54) is 29.7 Å². The van der Waals surface area contributed by atoms with Crippen LogP contribution < -0.4 is 4.74 Å². The maximum atomic E-state index is 5.25. The smallest absolute Gasteiger partial charge is 0.213 e. The van der Waals surface area contributed by atoms with Crippen LogP contribution in [-0.2, 0) is 12.8 Å². The summed E-state index contributed by atoms with van der Waals surface area (Å²) in [7, 11) is 1.67. The molecule has 3 heteroatoms. The van der Waals surface area contributed by atoms with E-state index in [9.17, 15) is 0 Å². The summed E-state index contributed by atoms with van der Waals surface area (Å²) in [5, 5.41) is 0. The molecule has 0 aliphatic heterocycles. The molecule has 0 spiro atoms. The van der Waals surface area contributed by atoms with E-state index in [0.29, 0.717) is 11.8 Å². The molecule has 2 nitrogen and oxygen atoms in total. The molecule has 2 aromatic heterocycles. The molecule has 0 saturated carbocycles. The van der Waals surface area contributed by atoms with Crippen molar-refractivity contribution < 1.29 is 4.74 Å². The highest BCUT2D eigenvalue weighted by Gasteiger charge is 2.24. The zero-order valence-electron chi connectivity index (χ0n) is 11.7. The minimum atomic E-state index is 0.576. The van der Waals surface area contributed by atoms with E-state index in [4.69, 9.17) is 4.74 Å². The monoisotopic (exact) mass is 273 g/mol. The highest BCUT2D eigenvalue weighted by atomic mass is 32.1. The van der Waals surface area contributed by atoms with Gasteiger partial charge in [-0.1, -0.05) is 13.8 Å². The maximum absolute atomic E-state index is 5.25. The Morgan fingerprint density at radius 1 is 1.32 bits per heavy atom. The van der Waals surface area contributed by atoms with Crippen molar-refractivity contribution in [1.29, 1.82) is 0 Å². The molecule has 0 radical (unpaired) electrons. The lowest BCUT2D eigenvalue weighted by Crippen LogP contribution is -1.94. The lowest BCUT2D eigenvalue weighted by Gasteiger charge is -2.11. The predicted molar refractivity (Wildman–Crippen MR) is 80.2 cm³/mol. The number of pyridine rings is 1. The highest BCUT2D eigenvalue weighted by molar-refractivity contribution is 7.16. The first-order chi connectivity index (χ1) is 9.20. The Bertz CT molecular complexity index is 601. The lowest BCUT2D eigenvalue weighted by atomic mass is 9.95. The van der Waals surface area contributed by atoms with Gasteiger partial charge in [0, 0.05) is 22.0 Å². The van der Waals surface area contributed by atoms with Gasteiger partial charge in [-0.15, -0.1) is 11.3 Å². The topological polar surface area (TPSA) is 22.1 Å². The van der Waals surface area contributed by atoms with Gasteiger partial charge in [0.05, 0.1) is 7.11 Å². The Labute approximate surface area is 118 Å². The van der Waals surface area contributed by atoms with Crippen molar-refractivity contribution >= 4 is 11.3 Å². The van der Waals surface area contributed by atoms with Gasteiger partial charge >= 0.3 is 0 Å². The number of hydrogen-bond acceptors (Lipinski definition) is 3. The van der Waals surface area contributed by atoms with Crippen molar-refractivity contribution in [1.82, 2.24) is 4.98 Å². The molecular formula is C16H19NOS. The molecule has 0 aromatic carbocycles. The number of methoxy groups -OCH3 is 1. The second-order valence-corrected chi connectivity index (χ2v) is 6.45. The average molecular weight is 273 g/mol. The van der Waals surface area contributed by atoms with E-state index in [0.717, 1.165) is 0 Å². The quantitative estimate of drug-likeness (QED) is 0.825. The normalized spacial score (nSPS) is 13.9. The first-order valence-electron chi connectivity index (χ1n) is 6.85. The van der Waals surface area contributed by atoms with Crippen molar-refractivity contribution in [2.45, 2.75) is 39.0 Å². The van der Waals surface area contributed by atoms with Crippen molar-refractivity contribution in [3.8, 4) is 16.3 Å². The number of aryl methyl sites for hydroxylation is 1. The Morgan fingerprint density at radius 2 is 2.16 bits per heavy atom. The minimum absolute atomic E-state index is 0.576. The number of rotatable bonds is 3. The first kappa shape index (κ1) is 12.7. The Kier molecular flexibility index (Phi) is 3.31. The van der Waals surface area contributed by atoms with Gasteiger partial charge in [-0.25, -0.2) is 4.98 Å². The van der Waals surface area contributed by atoms with Gasteiger partial charge in [-0.2, -0.15) is 0 Å². The third-order valence-electron chi connectivity index (χ3n) is 3.75. The summed E-state index contributed by atoms with van der Waals surface area (Å²) in [6.45, 7) is 4.59. The fourth-order valence-corrected chi connectivity index (χ4v) is 4.46. The van der Waals surface area contributed by atoms with E-state index < -0.39 is 0 Å². The summed E-state index contributed by atoms with van der Waals surface area (Å²) in [4.78, 5) is 7.21. The zero-order chi connectivity index (χ0) is 13.4. The van der Waals surface area contributed by atoms with Crippen molar-refractivity contribution in [3.63, 3.8) is 0 Å². The van der Waals surface area contributed by atoms with Gasteiger partial charge in [0.25, 0.3) is 0 Å². The van der Waals surface area contributed by atoms with Crippen LogP contribution in [-0.4, -0.2) is 12.1 Å². The van der Waals surface area contributed by atoms with Crippen LogP contribution >= 0.6 is 11.3 Å². The third-order valence-corrected chi connectivity index (χ3v) is 5.10. The van der Waals surface area contributed by atoms with Crippen molar-refractivity contribution in [3.05, 3.63) is 34.3 Å². The molecule has 0 N–H and O–H groups in total. The second kappa shape index (κ2) is 4.97. The molecular weight excluding hydrogens is 254 g/mol. The summed E-state index contributed by atoms with van der Waals surface area (Å²) in [6, 6.07) is 4.14. The van der Waals surface area contributed by atoms with E-state index in [1.807, 2.05) is 23.6 Å². The molecule has 19 heavy (non-hydrogen) atoms. The van der Waals surface area contributed by atoms with Crippen LogP contribution in [0.25, 0.3) is 10.4 Å². The molecule has 1 aliphatic carbocycles. The van der Waals surface area contributed by atoms with Gasteiger partial charge in [0.2, 0.25) is 5.88 Å². The molecule has 3 rings (SSSR count).